The maximum Gasteiger partial charge on any atom is 0.265 e. The van der Waals surface area contributed by atoms with Crippen LogP contribution in [0.15, 0.2) is 66.9 Å². The fourth-order valence-electron chi connectivity index (χ4n) is 4.09. The Balaban J connectivity index is 1.25. The molecule has 6 heteroatoms. The summed E-state index contributed by atoms with van der Waals surface area (Å²) in [6.45, 7) is 5.97. The molecule has 3 heterocycles. The van der Waals surface area contributed by atoms with E-state index < -0.39 is 0 Å². The van der Waals surface area contributed by atoms with Crippen molar-refractivity contribution in [1.82, 2.24) is 19.8 Å². The number of hydrogen-bond acceptors (Lipinski definition) is 5. The quantitative estimate of drug-likeness (QED) is 0.476. The van der Waals surface area contributed by atoms with Crippen molar-refractivity contribution in [2.75, 3.05) is 26.2 Å². The number of thiazole rings is 1. The monoisotopic (exact) mass is 428 g/mol. The highest BCUT2D eigenvalue weighted by Crippen LogP contribution is 2.29. The molecule has 0 saturated carbocycles. The Kier molecular flexibility index (Phi) is 5.49. The van der Waals surface area contributed by atoms with Gasteiger partial charge in [0.05, 0.1) is 11.2 Å². The fraction of sp³-hybridized carbons (Fsp3) is 0.240. The van der Waals surface area contributed by atoms with Gasteiger partial charge in [-0.25, -0.2) is 4.98 Å². The molecule has 4 aromatic rings. The number of aromatic nitrogens is 2. The van der Waals surface area contributed by atoms with Crippen LogP contribution in [0, 0.1) is 6.92 Å². The van der Waals surface area contributed by atoms with Crippen LogP contribution < -0.4 is 0 Å². The Morgan fingerprint density at radius 3 is 2.55 bits per heavy atom. The van der Waals surface area contributed by atoms with Crippen molar-refractivity contribution >= 4 is 28.1 Å². The predicted octanol–water partition coefficient (Wildman–Crippen LogP) is 4.62. The first-order chi connectivity index (χ1) is 15.2. The molecule has 0 aliphatic carbocycles. The lowest BCUT2D eigenvalue weighted by Gasteiger charge is -2.34. The smallest absolute Gasteiger partial charge is 0.265 e. The maximum absolute atomic E-state index is 13.2. The number of para-hydroxylation sites is 1. The van der Waals surface area contributed by atoms with E-state index in [1.54, 1.807) is 0 Å². The van der Waals surface area contributed by atoms with Crippen molar-refractivity contribution in [2.24, 2.45) is 0 Å². The van der Waals surface area contributed by atoms with Crippen LogP contribution in [0.4, 0.5) is 0 Å². The minimum absolute atomic E-state index is 0.101. The molecule has 2 aromatic heterocycles. The van der Waals surface area contributed by atoms with Crippen LogP contribution in [0.25, 0.3) is 21.5 Å². The maximum atomic E-state index is 13.2. The largest absolute Gasteiger partial charge is 0.335 e. The predicted molar refractivity (Wildman–Crippen MR) is 125 cm³/mol. The van der Waals surface area contributed by atoms with Gasteiger partial charge in [0, 0.05) is 49.9 Å². The van der Waals surface area contributed by atoms with Gasteiger partial charge >= 0.3 is 0 Å². The normalized spacial score (nSPS) is 14.8. The average molecular weight is 429 g/mol. The molecule has 0 spiro atoms. The van der Waals surface area contributed by atoms with E-state index >= 15 is 0 Å². The first-order valence-corrected chi connectivity index (χ1v) is 11.4. The zero-order chi connectivity index (χ0) is 21.2. The summed E-state index contributed by atoms with van der Waals surface area (Å²) in [5.41, 5.74) is 4.18. The molecule has 0 atom stereocenters. The van der Waals surface area contributed by atoms with Gasteiger partial charge in [-0.3, -0.25) is 14.7 Å². The second-order valence-corrected chi connectivity index (χ2v) is 8.86. The van der Waals surface area contributed by atoms with E-state index in [0.717, 1.165) is 59.4 Å². The minimum atomic E-state index is 0.101. The first kappa shape index (κ1) is 19.8. The van der Waals surface area contributed by atoms with Gasteiger partial charge in [-0.2, -0.15) is 0 Å². The number of piperazine rings is 1. The van der Waals surface area contributed by atoms with E-state index in [4.69, 9.17) is 0 Å². The van der Waals surface area contributed by atoms with E-state index in [1.165, 1.54) is 22.3 Å². The molecular formula is C25H24N4OS. The van der Waals surface area contributed by atoms with Crippen LogP contribution in [0.2, 0.25) is 0 Å². The van der Waals surface area contributed by atoms with Crippen LogP contribution in [0.5, 0.6) is 0 Å². The molecule has 1 aliphatic heterocycles. The van der Waals surface area contributed by atoms with E-state index in [-0.39, 0.29) is 5.91 Å². The van der Waals surface area contributed by atoms with Crippen molar-refractivity contribution in [1.29, 1.82) is 0 Å². The lowest BCUT2D eigenvalue weighted by molar-refractivity contribution is 0.0632. The molecule has 1 aliphatic rings. The van der Waals surface area contributed by atoms with Gasteiger partial charge in [0.25, 0.3) is 5.91 Å². The van der Waals surface area contributed by atoms with Crippen LogP contribution >= 0.6 is 11.3 Å². The molecule has 1 saturated heterocycles. The minimum Gasteiger partial charge on any atom is -0.335 e. The summed E-state index contributed by atoms with van der Waals surface area (Å²) in [4.78, 5) is 27.5. The van der Waals surface area contributed by atoms with Gasteiger partial charge < -0.3 is 4.90 Å². The van der Waals surface area contributed by atoms with Crippen LogP contribution in [0.1, 0.15) is 20.9 Å². The second kappa shape index (κ2) is 8.57. The Bertz CT molecular complexity index is 1210. The summed E-state index contributed by atoms with van der Waals surface area (Å²) < 4.78 is 0. The van der Waals surface area contributed by atoms with Crippen LogP contribution in [-0.4, -0.2) is 51.9 Å². The molecule has 1 fully saturated rings. The summed E-state index contributed by atoms with van der Waals surface area (Å²) >= 11 is 1.49. The molecule has 2 aromatic carbocycles. The molecule has 1 amide bonds. The van der Waals surface area contributed by atoms with Crippen molar-refractivity contribution in [2.45, 2.75) is 13.5 Å². The Morgan fingerprint density at radius 2 is 1.74 bits per heavy atom. The average Bonchev–Trinajstić information content (AvgIpc) is 3.21. The number of benzene rings is 2. The van der Waals surface area contributed by atoms with Crippen LogP contribution in [0.3, 0.4) is 0 Å². The number of hydrogen-bond donors (Lipinski definition) is 0. The molecule has 156 valence electrons. The molecule has 0 N–H and O–H groups in total. The number of pyridine rings is 1. The molecule has 5 nitrogen and oxygen atoms in total. The Labute approximate surface area is 186 Å². The zero-order valence-corrected chi connectivity index (χ0v) is 18.3. The summed E-state index contributed by atoms with van der Waals surface area (Å²) in [5, 5.41) is 2.08. The third-order valence-corrected chi connectivity index (χ3v) is 6.98. The topological polar surface area (TPSA) is 49.3 Å². The zero-order valence-electron chi connectivity index (χ0n) is 17.5. The lowest BCUT2D eigenvalue weighted by Crippen LogP contribution is -2.48. The standard InChI is InChI=1S/C25H24N4OS/c1-18-23(31-24(27-18)20-7-3-2-4-8-20)25(30)29-15-13-28(14-16-29)17-21-10-5-9-19-11-6-12-26-22(19)21/h2-12H,13-17H2,1H3. The van der Waals surface area contributed by atoms with Gasteiger partial charge in [0.2, 0.25) is 0 Å². The third kappa shape index (κ3) is 4.09. The van der Waals surface area contributed by atoms with Crippen molar-refractivity contribution in [3.05, 3.63) is 83.0 Å². The summed E-state index contributed by atoms with van der Waals surface area (Å²) in [5.74, 6) is 0.101. The highest BCUT2D eigenvalue weighted by atomic mass is 32.1. The summed E-state index contributed by atoms with van der Waals surface area (Å²) in [7, 11) is 0. The number of fused-ring (bicyclic) bond motifs is 1. The molecule has 0 unspecified atom stereocenters. The number of rotatable bonds is 4. The molecule has 0 bridgehead atoms. The number of carbonyl (C=O) groups excluding carboxylic acids is 1. The SMILES string of the molecule is Cc1nc(-c2ccccc2)sc1C(=O)N1CCN(Cc2cccc3cccnc23)CC1. The lowest BCUT2D eigenvalue weighted by atomic mass is 10.1. The van der Waals surface area contributed by atoms with E-state index in [1.807, 2.05) is 54.4 Å². The number of amides is 1. The van der Waals surface area contributed by atoms with E-state index in [2.05, 4.69) is 39.1 Å². The van der Waals surface area contributed by atoms with Crippen molar-refractivity contribution in [3.8, 4) is 10.6 Å². The molecule has 31 heavy (non-hydrogen) atoms. The van der Waals surface area contributed by atoms with Crippen molar-refractivity contribution in [3.63, 3.8) is 0 Å². The summed E-state index contributed by atoms with van der Waals surface area (Å²) in [6, 6.07) is 20.5. The highest BCUT2D eigenvalue weighted by Gasteiger charge is 2.26. The summed E-state index contributed by atoms with van der Waals surface area (Å²) in [6.07, 6.45) is 1.85. The van der Waals surface area contributed by atoms with Gasteiger partial charge in [-0.1, -0.05) is 54.6 Å². The van der Waals surface area contributed by atoms with Crippen LogP contribution in [-0.2, 0) is 6.54 Å². The van der Waals surface area contributed by atoms with E-state index in [0.29, 0.717) is 0 Å². The first-order valence-electron chi connectivity index (χ1n) is 10.6. The van der Waals surface area contributed by atoms with E-state index in [9.17, 15) is 4.79 Å². The third-order valence-electron chi connectivity index (χ3n) is 5.78. The van der Waals surface area contributed by atoms with Gasteiger partial charge in [0.1, 0.15) is 9.88 Å². The number of nitrogens with zero attached hydrogens (tertiary/aromatic N) is 4. The molecular weight excluding hydrogens is 404 g/mol. The van der Waals surface area contributed by atoms with Gasteiger partial charge in [-0.15, -0.1) is 11.3 Å². The fourth-order valence-corrected chi connectivity index (χ4v) is 5.13. The molecule has 0 radical (unpaired) electrons. The Hall–Kier alpha value is -3.09. The molecule has 5 rings (SSSR count). The van der Waals surface area contributed by atoms with Gasteiger partial charge in [0.15, 0.2) is 0 Å². The second-order valence-electron chi connectivity index (χ2n) is 7.86. The Morgan fingerprint density at radius 1 is 0.968 bits per heavy atom. The van der Waals surface area contributed by atoms with Gasteiger partial charge in [-0.05, 0) is 18.6 Å². The number of aryl methyl sites for hydroxylation is 1. The highest BCUT2D eigenvalue weighted by molar-refractivity contribution is 7.17. The number of carbonyl (C=O) groups is 1. The van der Waals surface area contributed by atoms with Crippen molar-refractivity contribution < 1.29 is 4.79 Å².